The second kappa shape index (κ2) is 7.23. The van der Waals surface area contributed by atoms with Crippen LogP contribution in [0.3, 0.4) is 0 Å². The van der Waals surface area contributed by atoms with Gasteiger partial charge in [-0.2, -0.15) is 0 Å². The number of β-amino-alcohol motifs (C(OH)–C–C–N with tert-alkyl or cyclic N) is 1. The highest BCUT2D eigenvalue weighted by atomic mass is 35.5. The summed E-state index contributed by atoms with van der Waals surface area (Å²) >= 11 is 5.68. The highest BCUT2D eigenvalue weighted by molar-refractivity contribution is 6.29. The molecule has 3 rings (SSSR count). The van der Waals surface area contributed by atoms with E-state index < -0.39 is 5.60 Å². The van der Waals surface area contributed by atoms with Crippen molar-refractivity contribution in [3.63, 3.8) is 0 Å². The lowest BCUT2D eigenvalue weighted by molar-refractivity contribution is -0.131. The van der Waals surface area contributed by atoms with Crippen LogP contribution in [0.5, 0.6) is 5.75 Å². The first-order chi connectivity index (χ1) is 11.5. The normalized spacial score (nSPS) is 20.3. The molecule has 0 saturated carbocycles. The van der Waals surface area contributed by atoms with Crippen molar-refractivity contribution < 1.29 is 19.2 Å². The summed E-state index contributed by atoms with van der Waals surface area (Å²) < 4.78 is 10.6. The zero-order chi connectivity index (χ0) is 17.0. The summed E-state index contributed by atoms with van der Waals surface area (Å²) in [6, 6.07) is 10.9. The fourth-order valence-electron chi connectivity index (χ4n) is 2.72. The number of aliphatic hydroxyl groups is 1. The van der Waals surface area contributed by atoms with Crippen LogP contribution in [0.25, 0.3) is 0 Å². The number of carbonyl (C=O) groups excluding carboxylic acids is 1. The molecule has 0 bridgehead atoms. The van der Waals surface area contributed by atoms with Crippen LogP contribution in [0.15, 0.2) is 40.9 Å². The molecule has 128 valence electrons. The number of benzene rings is 1. The van der Waals surface area contributed by atoms with Gasteiger partial charge in [0, 0.05) is 25.5 Å². The molecule has 24 heavy (non-hydrogen) atoms. The maximum Gasteiger partial charge on any atom is 0.223 e. The number of rotatable bonds is 6. The fourth-order valence-corrected chi connectivity index (χ4v) is 2.87. The van der Waals surface area contributed by atoms with Crippen molar-refractivity contribution in [3.05, 3.63) is 47.3 Å². The monoisotopic (exact) mass is 350 g/mol. The number of aryl methyl sites for hydroxylation is 1. The van der Waals surface area contributed by atoms with E-state index >= 15 is 0 Å². The summed E-state index contributed by atoms with van der Waals surface area (Å²) in [4.78, 5) is 13.9. The van der Waals surface area contributed by atoms with Crippen molar-refractivity contribution in [1.29, 1.82) is 0 Å². The molecule has 1 amide bonds. The zero-order valence-corrected chi connectivity index (χ0v) is 13.9. The molecule has 1 aromatic carbocycles. The minimum atomic E-state index is -1.01. The molecule has 6 nitrogen and oxygen atoms in total. The van der Waals surface area contributed by atoms with E-state index in [4.69, 9.17) is 20.9 Å². The third-order valence-electron chi connectivity index (χ3n) is 4.05. The Morgan fingerprint density at radius 1 is 1.42 bits per heavy atom. The lowest BCUT2D eigenvalue weighted by Crippen LogP contribution is -2.40. The van der Waals surface area contributed by atoms with E-state index in [-0.39, 0.29) is 24.2 Å². The Kier molecular flexibility index (Phi) is 5.06. The molecule has 1 aliphatic heterocycles. The van der Waals surface area contributed by atoms with Crippen LogP contribution in [0, 0.1) is 0 Å². The smallest absolute Gasteiger partial charge is 0.223 e. The van der Waals surface area contributed by atoms with Crippen LogP contribution in [-0.4, -0.2) is 46.4 Å². The maximum atomic E-state index is 12.3. The van der Waals surface area contributed by atoms with Crippen molar-refractivity contribution in [1.82, 2.24) is 10.1 Å². The second-order valence-electron chi connectivity index (χ2n) is 6.01. The molecule has 0 spiro atoms. The number of likely N-dealkylation sites (tertiary alicyclic amines) is 1. The Bertz CT molecular complexity index is 691. The van der Waals surface area contributed by atoms with Gasteiger partial charge in [-0.15, -0.1) is 0 Å². The van der Waals surface area contributed by atoms with E-state index in [0.717, 1.165) is 0 Å². The van der Waals surface area contributed by atoms with E-state index in [1.807, 2.05) is 30.3 Å². The SMILES string of the molecule is O=C(CCc1cc(Cl)no1)N1CCC(O)(COc2ccccc2)C1. The highest BCUT2D eigenvalue weighted by Crippen LogP contribution is 2.24. The number of carbonyl (C=O) groups is 1. The number of aromatic nitrogens is 1. The molecule has 1 fully saturated rings. The van der Waals surface area contributed by atoms with Crippen LogP contribution in [-0.2, 0) is 11.2 Å². The first-order valence-electron chi connectivity index (χ1n) is 7.83. The van der Waals surface area contributed by atoms with Gasteiger partial charge in [-0.25, -0.2) is 0 Å². The predicted molar refractivity (Wildman–Crippen MR) is 87.9 cm³/mol. The molecule has 2 heterocycles. The molecule has 1 atom stereocenters. The molecule has 0 aliphatic carbocycles. The summed E-state index contributed by atoms with van der Waals surface area (Å²) in [5, 5.41) is 14.5. The van der Waals surface area contributed by atoms with Gasteiger partial charge in [0.25, 0.3) is 0 Å². The molecule has 1 aliphatic rings. The van der Waals surface area contributed by atoms with Gasteiger partial charge in [-0.3, -0.25) is 4.79 Å². The van der Waals surface area contributed by atoms with Gasteiger partial charge in [-0.1, -0.05) is 35.0 Å². The van der Waals surface area contributed by atoms with Gasteiger partial charge in [0.15, 0.2) is 5.15 Å². The first kappa shape index (κ1) is 16.8. The summed E-state index contributed by atoms with van der Waals surface area (Å²) in [6.07, 6.45) is 1.23. The van der Waals surface area contributed by atoms with E-state index in [0.29, 0.717) is 37.3 Å². The number of ether oxygens (including phenoxy) is 1. The van der Waals surface area contributed by atoms with Gasteiger partial charge in [0.2, 0.25) is 5.91 Å². The Labute approximate surface area is 144 Å². The van der Waals surface area contributed by atoms with Crippen LogP contribution in [0.1, 0.15) is 18.6 Å². The van der Waals surface area contributed by atoms with Crippen LogP contribution >= 0.6 is 11.6 Å². The lowest BCUT2D eigenvalue weighted by atomic mass is 10.1. The van der Waals surface area contributed by atoms with Crippen molar-refractivity contribution in [3.8, 4) is 5.75 Å². The van der Waals surface area contributed by atoms with Crippen molar-refractivity contribution in [2.24, 2.45) is 0 Å². The standard InChI is InChI=1S/C17H19ClN2O4/c18-15-10-14(24-19-15)6-7-16(21)20-9-8-17(22,11-20)12-23-13-4-2-1-3-5-13/h1-5,10,22H,6-9,11-12H2. The predicted octanol–water partition coefficient (Wildman–Crippen LogP) is 2.30. The molecule has 1 unspecified atom stereocenters. The van der Waals surface area contributed by atoms with Gasteiger partial charge >= 0.3 is 0 Å². The largest absolute Gasteiger partial charge is 0.491 e. The number of hydrogen-bond donors (Lipinski definition) is 1. The lowest BCUT2D eigenvalue weighted by Gasteiger charge is -2.23. The summed E-state index contributed by atoms with van der Waals surface area (Å²) in [7, 11) is 0. The number of para-hydroxylation sites is 1. The third-order valence-corrected chi connectivity index (χ3v) is 4.23. The molecule has 2 aromatic rings. The Morgan fingerprint density at radius 3 is 2.92 bits per heavy atom. The maximum absolute atomic E-state index is 12.3. The van der Waals surface area contributed by atoms with Gasteiger partial charge in [0.1, 0.15) is 23.7 Å². The van der Waals surface area contributed by atoms with E-state index in [2.05, 4.69) is 5.16 Å². The number of nitrogens with zero attached hydrogens (tertiary/aromatic N) is 2. The molecule has 7 heteroatoms. The molecule has 1 N–H and O–H groups in total. The third kappa shape index (κ3) is 4.27. The van der Waals surface area contributed by atoms with Crippen molar-refractivity contribution in [2.45, 2.75) is 24.9 Å². The van der Waals surface area contributed by atoms with E-state index in [1.165, 1.54) is 0 Å². The highest BCUT2D eigenvalue weighted by Gasteiger charge is 2.38. The van der Waals surface area contributed by atoms with Crippen LogP contribution < -0.4 is 4.74 Å². The quantitative estimate of drug-likeness (QED) is 0.865. The van der Waals surface area contributed by atoms with Gasteiger partial charge < -0.3 is 19.3 Å². The van der Waals surface area contributed by atoms with Gasteiger partial charge in [0.05, 0.1) is 6.54 Å². The summed E-state index contributed by atoms with van der Waals surface area (Å²) in [6.45, 7) is 0.957. The molecule has 0 radical (unpaired) electrons. The molecule has 1 saturated heterocycles. The second-order valence-corrected chi connectivity index (χ2v) is 6.39. The Hall–Kier alpha value is -2.05. The van der Waals surface area contributed by atoms with Gasteiger partial charge in [-0.05, 0) is 18.6 Å². The number of hydrogen-bond acceptors (Lipinski definition) is 5. The van der Waals surface area contributed by atoms with Crippen molar-refractivity contribution in [2.75, 3.05) is 19.7 Å². The summed E-state index contributed by atoms with van der Waals surface area (Å²) in [5.74, 6) is 1.26. The number of halogens is 1. The Morgan fingerprint density at radius 2 is 2.21 bits per heavy atom. The minimum Gasteiger partial charge on any atom is -0.491 e. The van der Waals surface area contributed by atoms with E-state index in [1.54, 1.807) is 11.0 Å². The fraction of sp³-hybridized carbons (Fsp3) is 0.412. The molecular formula is C17H19ClN2O4. The first-order valence-corrected chi connectivity index (χ1v) is 8.21. The minimum absolute atomic E-state index is 0.0295. The zero-order valence-electron chi connectivity index (χ0n) is 13.2. The van der Waals surface area contributed by atoms with Crippen LogP contribution in [0.4, 0.5) is 0 Å². The average Bonchev–Trinajstić information content (AvgIpc) is 3.18. The van der Waals surface area contributed by atoms with Crippen molar-refractivity contribution >= 4 is 17.5 Å². The number of amides is 1. The van der Waals surface area contributed by atoms with E-state index in [9.17, 15) is 9.90 Å². The Balaban J connectivity index is 1.47. The molecular weight excluding hydrogens is 332 g/mol. The topological polar surface area (TPSA) is 75.8 Å². The van der Waals surface area contributed by atoms with Crippen LogP contribution in [0.2, 0.25) is 5.15 Å². The average molecular weight is 351 g/mol. The molecule has 1 aromatic heterocycles. The summed E-state index contributed by atoms with van der Waals surface area (Å²) in [5.41, 5.74) is -1.01.